The van der Waals surface area contributed by atoms with Crippen molar-refractivity contribution < 1.29 is 4.92 Å². The molecule has 0 amide bonds. The van der Waals surface area contributed by atoms with Gasteiger partial charge in [0.05, 0.1) is 15.6 Å². The van der Waals surface area contributed by atoms with Crippen LogP contribution in [0.2, 0.25) is 5.02 Å². The molecule has 0 radical (unpaired) electrons. The zero-order valence-electron chi connectivity index (χ0n) is 9.58. The van der Waals surface area contributed by atoms with Crippen molar-refractivity contribution >= 4 is 23.0 Å². The lowest BCUT2D eigenvalue weighted by atomic mass is 9.97. The standard InChI is InChI=1S/C11H15ClN2O2/c1-11(2,3)7-13-10-6-8(14(15)16)4-5-9(10)12/h4-6,13H,7H2,1-3H3. The van der Waals surface area contributed by atoms with Crippen molar-refractivity contribution in [1.29, 1.82) is 0 Å². The van der Waals surface area contributed by atoms with Crippen LogP contribution in [0.25, 0.3) is 0 Å². The lowest BCUT2D eigenvalue weighted by molar-refractivity contribution is -0.384. The van der Waals surface area contributed by atoms with Gasteiger partial charge in [-0.25, -0.2) is 0 Å². The molecule has 1 rings (SSSR count). The number of nitro groups is 1. The molecule has 0 bridgehead atoms. The summed E-state index contributed by atoms with van der Waals surface area (Å²) in [6.07, 6.45) is 0. The minimum absolute atomic E-state index is 0.0424. The normalized spacial score (nSPS) is 11.2. The van der Waals surface area contributed by atoms with Gasteiger partial charge in [0.25, 0.3) is 5.69 Å². The molecule has 1 aromatic carbocycles. The van der Waals surface area contributed by atoms with Gasteiger partial charge in [-0.15, -0.1) is 0 Å². The molecule has 0 saturated heterocycles. The molecule has 5 heteroatoms. The molecule has 4 nitrogen and oxygen atoms in total. The third-order valence-electron chi connectivity index (χ3n) is 1.97. The summed E-state index contributed by atoms with van der Waals surface area (Å²) >= 11 is 5.94. The Bertz CT molecular complexity index is 399. The molecular weight excluding hydrogens is 228 g/mol. The van der Waals surface area contributed by atoms with Gasteiger partial charge in [-0.3, -0.25) is 10.1 Å². The largest absolute Gasteiger partial charge is 0.383 e. The SMILES string of the molecule is CC(C)(C)CNc1cc([N+](=O)[O-])ccc1Cl. The molecule has 88 valence electrons. The molecule has 0 spiro atoms. The summed E-state index contributed by atoms with van der Waals surface area (Å²) in [5.41, 5.74) is 0.736. The Morgan fingerprint density at radius 2 is 2.06 bits per heavy atom. The number of nitrogens with zero attached hydrogens (tertiary/aromatic N) is 1. The van der Waals surface area contributed by atoms with Crippen molar-refractivity contribution in [3.05, 3.63) is 33.3 Å². The Labute approximate surface area is 99.8 Å². The Balaban J connectivity index is 2.86. The molecule has 0 atom stereocenters. The smallest absolute Gasteiger partial charge is 0.271 e. The third-order valence-corrected chi connectivity index (χ3v) is 2.30. The van der Waals surface area contributed by atoms with Crippen LogP contribution in [0.3, 0.4) is 0 Å². The minimum Gasteiger partial charge on any atom is -0.383 e. The van der Waals surface area contributed by atoms with Crippen molar-refractivity contribution in [2.24, 2.45) is 5.41 Å². The summed E-state index contributed by atoms with van der Waals surface area (Å²) in [5, 5.41) is 14.2. The number of nitro benzene ring substituents is 1. The number of non-ortho nitro benzene ring substituents is 1. The molecule has 16 heavy (non-hydrogen) atoms. The van der Waals surface area contributed by atoms with Crippen LogP contribution in [0.15, 0.2) is 18.2 Å². The summed E-state index contributed by atoms with van der Waals surface area (Å²) < 4.78 is 0. The molecule has 1 N–H and O–H groups in total. The lowest BCUT2D eigenvalue weighted by Crippen LogP contribution is -2.19. The molecule has 0 saturated carbocycles. The monoisotopic (exact) mass is 242 g/mol. The van der Waals surface area contributed by atoms with E-state index in [4.69, 9.17) is 11.6 Å². The topological polar surface area (TPSA) is 55.2 Å². The summed E-state index contributed by atoms with van der Waals surface area (Å²) in [6, 6.07) is 4.38. The first kappa shape index (κ1) is 12.8. The van der Waals surface area contributed by atoms with Crippen LogP contribution in [0.5, 0.6) is 0 Å². The van der Waals surface area contributed by atoms with Gasteiger partial charge in [0.2, 0.25) is 0 Å². The predicted molar refractivity (Wildman–Crippen MR) is 66.1 cm³/mol. The first-order chi connectivity index (χ1) is 7.29. The van der Waals surface area contributed by atoms with Crippen molar-refractivity contribution in [3.8, 4) is 0 Å². The number of hydrogen-bond acceptors (Lipinski definition) is 3. The summed E-state index contributed by atoms with van der Waals surface area (Å²) in [5.74, 6) is 0. The number of anilines is 1. The van der Waals surface area contributed by atoms with Crippen LogP contribution in [-0.2, 0) is 0 Å². The molecule has 0 aromatic heterocycles. The zero-order valence-corrected chi connectivity index (χ0v) is 10.3. The van der Waals surface area contributed by atoms with Crippen LogP contribution >= 0.6 is 11.6 Å². The van der Waals surface area contributed by atoms with E-state index in [1.807, 2.05) is 0 Å². The first-order valence-corrected chi connectivity index (χ1v) is 5.35. The fraction of sp³-hybridized carbons (Fsp3) is 0.455. The highest BCUT2D eigenvalue weighted by atomic mass is 35.5. The molecule has 0 heterocycles. The number of halogens is 1. The maximum atomic E-state index is 10.6. The molecule has 1 aromatic rings. The Morgan fingerprint density at radius 3 is 2.56 bits per heavy atom. The average Bonchev–Trinajstić information content (AvgIpc) is 2.14. The van der Waals surface area contributed by atoms with Crippen LogP contribution in [-0.4, -0.2) is 11.5 Å². The van der Waals surface area contributed by atoms with Gasteiger partial charge in [0, 0.05) is 18.7 Å². The van der Waals surface area contributed by atoms with Gasteiger partial charge in [-0.05, 0) is 11.5 Å². The van der Waals surface area contributed by atoms with Gasteiger partial charge in [-0.2, -0.15) is 0 Å². The van der Waals surface area contributed by atoms with Crippen LogP contribution in [0, 0.1) is 15.5 Å². The molecule has 0 unspecified atom stereocenters. The van der Waals surface area contributed by atoms with E-state index in [9.17, 15) is 10.1 Å². The van der Waals surface area contributed by atoms with Gasteiger partial charge >= 0.3 is 0 Å². The van der Waals surface area contributed by atoms with Crippen LogP contribution < -0.4 is 5.32 Å². The van der Waals surface area contributed by atoms with E-state index in [0.717, 1.165) is 0 Å². The molecule has 0 fully saturated rings. The van der Waals surface area contributed by atoms with Crippen molar-refractivity contribution in [2.45, 2.75) is 20.8 Å². The van der Waals surface area contributed by atoms with Gasteiger partial charge in [0.15, 0.2) is 0 Å². The van der Waals surface area contributed by atoms with Crippen molar-refractivity contribution in [2.75, 3.05) is 11.9 Å². The van der Waals surface area contributed by atoms with Crippen molar-refractivity contribution in [3.63, 3.8) is 0 Å². The Kier molecular flexibility index (Phi) is 3.75. The number of hydrogen-bond donors (Lipinski definition) is 1. The number of nitrogens with one attached hydrogen (secondary N) is 1. The highest BCUT2D eigenvalue weighted by Crippen LogP contribution is 2.27. The zero-order chi connectivity index (χ0) is 12.3. The van der Waals surface area contributed by atoms with E-state index in [1.165, 1.54) is 18.2 Å². The fourth-order valence-corrected chi connectivity index (χ4v) is 1.31. The highest BCUT2D eigenvalue weighted by Gasteiger charge is 2.13. The number of rotatable bonds is 3. The Morgan fingerprint density at radius 1 is 1.44 bits per heavy atom. The molecule has 0 aliphatic heterocycles. The van der Waals surface area contributed by atoms with E-state index in [-0.39, 0.29) is 11.1 Å². The highest BCUT2D eigenvalue weighted by molar-refractivity contribution is 6.33. The van der Waals surface area contributed by atoms with Crippen molar-refractivity contribution in [1.82, 2.24) is 0 Å². The maximum Gasteiger partial charge on any atom is 0.271 e. The lowest BCUT2D eigenvalue weighted by Gasteiger charge is -2.20. The molecular formula is C11H15ClN2O2. The quantitative estimate of drug-likeness (QED) is 0.649. The first-order valence-electron chi connectivity index (χ1n) is 4.97. The van der Waals surface area contributed by atoms with E-state index in [2.05, 4.69) is 26.1 Å². The van der Waals surface area contributed by atoms with Gasteiger partial charge < -0.3 is 5.32 Å². The second-order valence-electron chi connectivity index (χ2n) is 4.84. The Hall–Kier alpha value is -1.29. The third kappa shape index (κ3) is 3.70. The van der Waals surface area contributed by atoms with Gasteiger partial charge in [-0.1, -0.05) is 32.4 Å². The molecule has 0 aliphatic carbocycles. The van der Waals surface area contributed by atoms with Gasteiger partial charge in [0.1, 0.15) is 0 Å². The summed E-state index contributed by atoms with van der Waals surface area (Å²) in [6.45, 7) is 6.93. The maximum absolute atomic E-state index is 10.6. The van der Waals surface area contributed by atoms with Crippen LogP contribution in [0.4, 0.5) is 11.4 Å². The number of benzene rings is 1. The van der Waals surface area contributed by atoms with E-state index < -0.39 is 4.92 Å². The average molecular weight is 243 g/mol. The van der Waals surface area contributed by atoms with E-state index >= 15 is 0 Å². The molecule has 0 aliphatic rings. The second-order valence-corrected chi connectivity index (χ2v) is 5.24. The van der Waals surface area contributed by atoms with Crippen LogP contribution in [0.1, 0.15) is 20.8 Å². The predicted octanol–water partition coefficient (Wildman–Crippen LogP) is 3.71. The van der Waals surface area contributed by atoms with E-state index in [0.29, 0.717) is 17.3 Å². The van der Waals surface area contributed by atoms with E-state index in [1.54, 1.807) is 0 Å². The fourth-order valence-electron chi connectivity index (χ4n) is 1.12. The second kappa shape index (κ2) is 4.70. The minimum atomic E-state index is -0.432. The summed E-state index contributed by atoms with van der Waals surface area (Å²) in [7, 11) is 0. The summed E-state index contributed by atoms with van der Waals surface area (Å²) in [4.78, 5) is 10.2.